The van der Waals surface area contributed by atoms with Crippen molar-refractivity contribution in [3.63, 3.8) is 0 Å². The maximum absolute atomic E-state index is 13.2. The van der Waals surface area contributed by atoms with Crippen molar-refractivity contribution in [3.05, 3.63) is 71.8 Å². The lowest BCUT2D eigenvalue weighted by Crippen LogP contribution is -2.47. The molecule has 6 nitrogen and oxygen atoms in total. The predicted octanol–water partition coefficient (Wildman–Crippen LogP) is 2.34. The molecule has 0 spiro atoms. The zero-order valence-corrected chi connectivity index (χ0v) is 17.3. The fraction of sp³-hybridized carbons (Fsp3) is 0.391. The Bertz CT molecular complexity index is 789. The molecular formula is C23H30N4O2. The number of aliphatic imine (C=N–C) groups is 1. The van der Waals surface area contributed by atoms with E-state index >= 15 is 0 Å². The SMILES string of the molecule is CN=C(NCC(C(=O)N1CCOCC1)c1ccccc1)N(C)Cc1ccccc1. The molecule has 2 aromatic carbocycles. The van der Waals surface area contributed by atoms with Crippen LogP contribution in [0.5, 0.6) is 0 Å². The van der Waals surface area contributed by atoms with Crippen LogP contribution in [-0.2, 0) is 16.1 Å². The summed E-state index contributed by atoms with van der Waals surface area (Å²) < 4.78 is 5.40. The Kier molecular flexibility index (Phi) is 7.64. The highest BCUT2D eigenvalue weighted by Crippen LogP contribution is 2.19. The number of carbonyl (C=O) groups excluding carboxylic acids is 1. The summed E-state index contributed by atoms with van der Waals surface area (Å²) in [7, 11) is 3.77. The van der Waals surface area contributed by atoms with Crippen LogP contribution in [0.25, 0.3) is 0 Å². The lowest BCUT2D eigenvalue weighted by molar-refractivity contribution is -0.136. The summed E-state index contributed by atoms with van der Waals surface area (Å²) in [6.07, 6.45) is 0. The van der Waals surface area contributed by atoms with Crippen LogP contribution >= 0.6 is 0 Å². The second-order valence-corrected chi connectivity index (χ2v) is 7.17. The number of hydrogen-bond acceptors (Lipinski definition) is 3. The number of morpholine rings is 1. The van der Waals surface area contributed by atoms with E-state index in [2.05, 4.69) is 27.3 Å². The minimum Gasteiger partial charge on any atom is -0.378 e. The van der Waals surface area contributed by atoms with Gasteiger partial charge in [0.2, 0.25) is 5.91 Å². The molecule has 1 unspecified atom stereocenters. The van der Waals surface area contributed by atoms with E-state index in [1.165, 1.54) is 5.56 Å². The predicted molar refractivity (Wildman–Crippen MR) is 116 cm³/mol. The summed E-state index contributed by atoms with van der Waals surface area (Å²) in [5, 5.41) is 3.41. The highest BCUT2D eigenvalue weighted by molar-refractivity contribution is 5.86. The number of ether oxygens (including phenoxy) is 1. The average molecular weight is 395 g/mol. The third kappa shape index (κ3) is 5.81. The van der Waals surface area contributed by atoms with Crippen LogP contribution < -0.4 is 5.32 Å². The largest absolute Gasteiger partial charge is 0.378 e. The Morgan fingerprint density at radius 3 is 2.34 bits per heavy atom. The van der Waals surface area contributed by atoms with E-state index in [1.807, 2.05) is 60.5 Å². The Morgan fingerprint density at radius 1 is 1.10 bits per heavy atom. The number of rotatable bonds is 6. The normalized spacial score (nSPS) is 15.7. The summed E-state index contributed by atoms with van der Waals surface area (Å²) in [5.74, 6) is 0.633. The van der Waals surface area contributed by atoms with Crippen LogP contribution in [0.3, 0.4) is 0 Å². The molecule has 1 aliphatic rings. The van der Waals surface area contributed by atoms with Crippen molar-refractivity contribution in [3.8, 4) is 0 Å². The Balaban J connectivity index is 1.68. The van der Waals surface area contributed by atoms with Gasteiger partial charge in [-0.15, -0.1) is 0 Å². The van der Waals surface area contributed by atoms with Crippen molar-refractivity contribution >= 4 is 11.9 Å². The molecule has 0 aromatic heterocycles. The quantitative estimate of drug-likeness (QED) is 0.604. The highest BCUT2D eigenvalue weighted by atomic mass is 16.5. The van der Waals surface area contributed by atoms with Crippen molar-refractivity contribution in [1.29, 1.82) is 0 Å². The van der Waals surface area contributed by atoms with Gasteiger partial charge in [0.05, 0.1) is 19.1 Å². The van der Waals surface area contributed by atoms with Gasteiger partial charge in [-0.25, -0.2) is 0 Å². The molecule has 1 saturated heterocycles. The van der Waals surface area contributed by atoms with Gasteiger partial charge in [-0.05, 0) is 11.1 Å². The maximum Gasteiger partial charge on any atom is 0.232 e. The maximum atomic E-state index is 13.2. The zero-order chi connectivity index (χ0) is 20.5. The minimum absolute atomic E-state index is 0.133. The molecule has 2 aromatic rings. The Labute approximate surface area is 173 Å². The first-order valence-electron chi connectivity index (χ1n) is 10.1. The van der Waals surface area contributed by atoms with E-state index in [1.54, 1.807) is 7.05 Å². The highest BCUT2D eigenvalue weighted by Gasteiger charge is 2.27. The van der Waals surface area contributed by atoms with Gasteiger partial charge in [0.1, 0.15) is 0 Å². The van der Waals surface area contributed by atoms with Gasteiger partial charge in [-0.1, -0.05) is 60.7 Å². The van der Waals surface area contributed by atoms with Gasteiger partial charge in [-0.3, -0.25) is 9.79 Å². The average Bonchev–Trinajstić information content (AvgIpc) is 2.78. The first-order valence-corrected chi connectivity index (χ1v) is 10.1. The number of nitrogens with zero attached hydrogens (tertiary/aromatic N) is 3. The fourth-order valence-electron chi connectivity index (χ4n) is 3.55. The molecule has 0 saturated carbocycles. The lowest BCUT2D eigenvalue weighted by atomic mass is 9.97. The summed E-state index contributed by atoms with van der Waals surface area (Å²) in [5.41, 5.74) is 2.22. The van der Waals surface area contributed by atoms with Crippen LogP contribution in [0.1, 0.15) is 17.0 Å². The smallest absolute Gasteiger partial charge is 0.232 e. The summed E-state index contributed by atoms with van der Waals surface area (Å²) in [4.78, 5) is 21.6. The second kappa shape index (κ2) is 10.6. The van der Waals surface area contributed by atoms with E-state index in [9.17, 15) is 4.79 Å². The Hall–Kier alpha value is -2.86. The van der Waals surface area contributed by atoms with Crippen molar-refractivity contribution in [2.75, 3.05) is 46.9 Å². The van der Waals surface area contributed by atoms with Crippen molar-refractivity contribution < 1.29 is 9.53 Å². The van der Waals surface area contributed by atoms with Crippen molar-refractivity contribution in [1.82, 2.24) is 15.1 Å². The standard InChI is InChI=1S/C23H30N4O2/c1-24-23(26(2)18-19-9-5-3-6-10-19)25-17-21(20-11-7-4-8-12-20)22(28)27-13-15-29-16-14-27/h3-12,21H,13-18H2,1-2H3,(H,24,25). The molecule has 0 aliphatic carbocycles. The topological polar surface area (TPSA) is 57.2 Å². The Morgan fingerprint density at radius 2 is 1.72 bits per heavy atom. The molecule has 1 atom stereocenters. The van der Waals surface area contributed by atoms with Crippen LogP contribution in [0.15, 0.2) is 65.7 Å². The number of benzene rings is 2. The van der Waals surface area contributed by atoms with E-state index in [0.29, 0.717) is 32.8 Å². The van der Waals surface area contributed by atoms with Crippen LogP contribution in [0, 0.1) is 0 Å². The van der Waals surface area contributed by atoms with E-state index in [4.69, 9.17) is 4.74 Å². The molecule has 1 heterocycles. The zero-order valence-electron chi connectivity index (χ0n) is 17.3. The third-order valence-corrected chi connectivity index (χ3v) is 5.12. The second-order valence-electron chi connectivity index (χ2n) is 7.17. The molecule has 1 amide bonds. The molecule has 154 valence electrons. The number of carbonyl (C=O) groups is 1. The van der Waals surface area contributed by atoms with Crippen LogP contribution in [-0.4, -0.2) is 68.6 Å². The minimum atomic E-state index is -0.267. The summed E-state index contributed by atoms with van der Waals surface area (Å²) in [6, 6.07) is 20.2. The van der Waals surface area contributed by atoms with Gasteiger partial charge in [-0.2, -0.15) is 0 Å². The number of guanidine groups is 1. The van der Waals surface area contributed by atoms with Crippen molar-refractivity contribution in [2.24, 2.45) is 4.99 Å². The fourth-order valence-corrected chi connectivity index (χ4v) is 3.55. The summed E-state index contributed by atoms with van der Waals surface area (Å²) in [6.45, 7) is 3.72. The number of amides is 1. The summed E-state index contributed by atoms with van der Waals surface area (Å²) >= 11 is 0. The van der Waals surface area contributed by atoms with Gasteiger partial charge < -0.3 is 19.9 Å². The van der Waals surface area contributed by atoms with Gasteiger partial charge in [0.25, 0.3) is 0 Å². The van der Waals surface area contributed by atoms with E-state index in [0.717, 1.165) is 18.1 Å². The molecule has 1 fully saturated rings. The molecule has 1 aliphatic heterocycles. The first-order chi connectivity index (χ1) is 14.2. The van der Waals surface area contributed by atoms with Gasteiger partial charge in [0, 0.05) is 40.3 Å². The molecular weight excluding hydrogens is 364 g/mol. The number of nitrogens with one attached hydrogen (secondary N) is 1. The first kappa shape index (κ1) is 20.9. The van der Waals surface area contributed by atoms with Gasteiger partial charge >= 0.3 is 0 Å². The lowest BCUT2D eigenvalue weighted by Gasteiger charge is -2.31. The molecule has 29 heavy (non-hydrogen) atoms. The molecule has 0 bridgehead atoms. The van der Waals surface area contributed by atoms with Gasteiger partial charge in [0.15, 0.2) is 5.96 Å². The molecule has 3 rings (SSSR count). The monoisotopic (exact) mass is 394 g/mol. The molecule has 1 N–H and O–H groups in total. The van der Waals surface area contributed by atoms with E-state index < -0.39 is 0 Å². The van der Waals surface area contributed by atoms with Crippen LogP contribution in [0.4, 0.5) is 0 Å². The number of hydrogen-bond donors (Lipinski definition) is 1. The third-order valence-electron chi connectivity index (χ3n) is 5.12. The molecule has 6 heteroatoms. The van der Waals surface area contributed by atoms with E-state index in [-0.39, 0.29) is 11.8 Å². The van der Waals surface area contributed by atoms with Crippen LogP contribution in [0.2, 0.25) is 0 Å². The molecule has 0 radical (unpaired) electrons. The van der Waals surface area contributed by atoms with Crippen molar-refractivity contribution in [2.45, 2.75) is 12.5 Å².